The Labute approximate surface area is 118 Å². The van der Waals surface area contributed by atoms with E-state index in [0.717, 1.165) is 30.8 Å². The van der Waals surface area contributed by atoms with Crippen LogP contribution in [0.5, 0.6) is 0 Å². The number of fused-ring (bicyclic) bond motifs is 1. The summed E-state index contributed by atoms with van der Waals surface area (Å²) in [6.45, 7) is 2.63. The van der Waals surface area contributed by atoms with E-state index in [0.29, 0.717) is 13.0 Å². The summed E-state index contributed by atoms with van der Waals surface area (Å²) >= 11 is 0. The topological polar surface area (TPSA) is 57.7 Å². The normalized spacial score (nSPS) is 14.8. The van der Waals surface area contributed by atoms with Gasteiger partial charge in [0.2, 0.25) is 0 Å². The first-order chi connectivity index (χ1) is 9.79. The molecule has 0 radical (unpaired) electrons. The van der Waals surface area contributed by atoms with Crippen LogP contribution in [0, 0.1) is 11.3 Å². The molecule has 5 heteroatoms. The standard InChI is InChI=1S/C15H17N5/c1-19-10-5-14-13(11-19)15(12-3-7-17-8-4-12)18-20(14)9-2-6-16/h3-4,7-8H,2,5,9-11H2,1H3. The van der Waals surface area contributed by atoms with Crippen LogP contribution < -0.4 is 0 Å². The van der Waals surface area contributed by atoms with Crippen molar-refractivity contribution in [1.29, 1.82) is 5.26 Å². The Morgan fingerprint density at radius 3 is 2.90 bits per heavy atom. The van der Waals surface area contributed by atoms with Gasteiger partial charge in [-0.05, 0) is 19.2 Å². The molecular formula is C15H17N5. The number of aromatic nitrogens is 3. The lowest BCUT2D eigenvalue weighted by Crippen LogP contribution is -2.27. The van der Waals surface area contributed by atoms with Crippen LogP contribution in [0.4, 0.5) is 0 Å². The molecule has 1 aliphatic heterocycles. The summed E-state index contributed by atoms with van der Waals surface area (Å²) < 4.78 is 2.02. The average molecular weight is 267 g/mol. The maximum Gasteiger partial charge on any atom is 0.0972 e. The van der Waals surface area contributed by atoms with Gasteiger partial charge in [0, 0.05) is 48.7 Å². The first-order valence-electron chi connectivity index (χ1n) is 6.84. The van der Waals surface area contributed by atoms with E-state index in [-0.39, 0.29) is 0 Å². The molecule has 3 rings (SSSR count). The predicted octanol–water partition coefficient (Wildman–Crippen LogP) is 1.85. The molecule has 0 fully saturated rings. The van der Waals surface area contributed by atoms with Crippen LogP contribution >= 0.6 is 0 Å². The SMILES string of the molecule is CN1CCc2c(c(-c3ccncc3)nn2CCC#N)C1. The van der Waals surface area contributed by atoms with Gasteiger partial charge in [-0.1, -0.05) is 0 Å². The number of likely N-dealkylation sites (N-methyl/N-ethyl adjacent to an activating group) is 1. The van der Waals surface area contributed by atoms with Gasteiger partial charge in [0.1, 0.15) is 0 Å². The van der Waals surface area contributed by atoms with E-state index < -0.39 is 0 Å². The molecule has 2 aromatic rings. The molecule has 0 amide bonds. The van der Waals surface area contributed by atoms with Crippen LogP contribution in [0.3, 0.4) is 0 Å². The molecule has 0 saturated carbocycles. The largest absolute Gasteiger partial charge is 0.302 e. The highest BCUT2D eigenvalue weighted by Crippen LogP contribution is 2.29. The molecule has 0 bridgehead atoms. The van der Waals surface area contributed by atoms with Crippen molar-refractivity contribution in [1.82, 2.24) is 19.7 Å². The monoisotopic (exact) mass is 267 g/mol. The lowest BCUT2D eigenvalue weighted by atomic mass is 10.0. The van der Waals surface area contributed by atoms with Crippen LogP contribution in [0.15, 0.2) is 24.5 Å². The number of rotatable bonds is 3. The van der Waals surface area contributed by atoms with Gasteiger partial charge in [0.15, 0.2) is 0 Å². The lowest BCUT2D eigenvalue weighted by Gasteiger charge is -2.23. The minimum atomic E-state index is 0.500. The van der Waals surface area contributed by atoms with Crippen LogP contribution in [0.2, 0.25) is 0 Å². The zero-order valence-electron chi connectivity index (χ0n) is 11.6. The van der Waals surface area contributed by atoms with Crippen molar-refractivity contribution in [3.8, 4) is 17.3 Å². The Morgan fingerprint density at radius 2 is 2.15 bits per heavy atom. The number of nitrogens with zero attached hydrogens (tertiary/aromatic N) is 5. The fourth-order valence-electron chi connectivity index (χ4n) is 2.71. The van der Waals surface area contributed by atoms with E-state index in [4.69, 9.17) is 10.4 Å². The second-order valence-electron chi connectivity index (χ2n) is 5.13. The van der Waals surface area contributed by atoms with Crippen molar-refractivity contribution in [2.45, 2.75) is 25.9 Å². The summed E-state index contributed by atoms with van der Waals surface area (Å²) in [5.74, 6) is 0. The molecule has 1 aliphatic rings. The number of hydrogen-bond donors (Lipinski definition) is 0. The van der Waals surface area contributed by atoms with Gasteiger partial charge >= 0.3 is 0 Å². The second-order valence-corrected chi connectivity index (χ2v) is 5.13. The van der Waals surface area contributed by atoms with Gasteiger partial charge in [-0.25, -0.2) is 0 Å². The Kier molecular flexibility index (Phi) is 3.48. The van der Waals surface area contributed by atoms with Gasteiger partial charge in [-0.2, -0.15) is 10.4 Å². The zero-order chi connectivity index (χ0) is 13.9. The highest BCUT2D eigenvalue weighted by Gasteiger charge is 2.23. The number of hydrogen-bond acceptors (Lipinski definition) is 4. The molecule has 5 nitrogen and oxygen atoms in total. The van der Waals surface area contributed by atoms with Crippen LogP contribution in [0.1, 0.15) is 17.7 Å². The quantitative estimate of drug-likeness (QED) is 0.851. The van der Waals surface area contributed by atoms with Crippen LogP contribution in [-0.2, 0) is 19.5 Å². The fourth-order valence-corrected chi connectivity index (χ4v) is 2.71. The van der Waals surface area contributed by atoms with Crippen molar-refractivity contribution >= 4 is 0 Å². The van der Waals surface area contributed by atoms with E-state index >= 15 is 0 Å². The third-order valence-corrected chi connectivity index (χ3v) is 3.71. The Morgan fingerprint density at radius 1 is 1.35 bits per heavy atom. The number of nitriles is 1. The maximum absolute atomic E-state index is 8.79. The van der Waals surface area contributed by atoms with E-state index in [9.17, 15) is 0 Å². The van der Waals surface area contributed by atoms with Gasteiger partial charge in [0.05, 0.1) is 24.7 Å². The highest BCUT2D eigenvalue weighted by atomic mass is 15.3. The van der Waals surface area contributed by atoms with E-state index in [2.05, 4.69) is 23.0 Å². The number of aryl methyl sites for hydroxylation is 1. The van der Waals surface area contributed by atoms with Crippen molar-refractivity contribution in [2.24, 2.45) is 0 Å². The average Bonchev–Trinajstić information content (AvgIpc) is 2.84. The third-order valence-electron chi connectivity index (χ3n) is 3.71. The maximum atomic E-state index is 8.79. The Balaban J connectivity index is 2.06. The Bertz CT molecular complexity index is 638. The molecule has 0 saturated heterocycles. The van der Waals surface area contributed by atoms with Gasteiger partial charge in [0.25, 0.3) is 0 Å². The molecule has 2 aromatic heterocycles. The van der Waals surface area contributed by atoms with Crippen LogP contribution in [0.25, 0.3) is 11.3 Å². The zero-order valence-corrected chi connectivity index (χ0v) is 11.6. The minimum Gasteiger partial charge on any atom is -0.302 e. The smallest absolute Gasteiger partial charge is 0.0972 e. The molecular weight excluding hydrogens is 250 g/mol. The molecule has 3 heterocycles. The van der Waals surface area contributed by atoms with Crippen molar-refractivity contribution < 1.29 is 0 Å². The molecule has 20 heavy (non-hydrogen) atoms. The summed E-state index contributed by atoms with van der Waals surface area (Å²) in [6.07, 6.45) is 5.08. The molecule has 0 aromatic carbocycles. The molecule has 0 atom stereocenters. The summed E-state index contributed by atoms with van der Waals surface area (Å²) in [7, 11) is 2.13. The van der Waals surface area contributed by atoms with E-state index in [1.807, 2.05) is 16.8 Å². The molecule has 0 N–H and O–H groups in total. The second kappa shape index (κ2) is 5.43. The van der Waals surface area contributed by atoms with Crippen molar-refractivity contribution in [3.63, 3.8) is 0 Å². The summed E-state index contributed by atoms with van der Waals surface area (Å²) in [4.78, 5) is 6.38. The van der Waals surface area contributed by atoms with Gasteiger partial charge in [-0.15, -0.1) is 0 Å². The summed E-state index contributed by atoms with van der Waals surface area (Å²) in [6, 6.07) is 6.18. The third kappa shape index (κ3) is 2.30. The molecule has 0 spiro atoms. The molecule has 0 aliphatic carbocycles. The molecule has 102 valence electrons. The summed E-state index contributed by atoms with van der Waals surface area (Å²) in [5.41, 5.74) is 4.71. The van der Waals surface area contributed by atoms with Gasteiger partial charge < -0.3 is 4.90 Å². The van der Waals surface area contributed by atoms with Crippen molar-refractivity contribution in [3.05, 3.63) is 35.8 Å². The first kappa shape index (κ1) is 12.8. The Hall–Kier alpha value is -2.19. The van der Waals surface area contributed by atoms with Gasteiger partial charge in [-0.3, -0.25) is 9.67 Å². The van der Waals surface area contributed by atoms with E-state index in [1.165, 1.54) is 11.3 Å². The lowest BCUT2D eigenvalue weighted by molar-refractivity contribution is 0.308. The van der Waals surface area contributed by atoms with Crippen molar-refractivity contribution in [2.75, 3.05) is 13.6 Å². The first-order valence-corrected chi connectivity index (χ1v) is 6.84. The number of pyridine rings is 1. The van der Waals surface area contributed by atoms with E-state index in [1.54, 1.807) is 12.4 Å². The summed E-state index contributed by atoms with van der Waals surface area (Å²) in [5, 5.41) is 13.5. The van der Waals surface area contributed by atoms with Crippen LogP contribution in [-0.4, -0.2) is 33.3 Å². The highest BCUT2D eigenvalue weighted by molar-refractivity contribution is 5.64. The predicted molar refractivity (Wildman–Crippen MR) is 75.7 cm³/mol. The minimum absolute atomic E-state index is 0.500. The molecule has 0 unspecified atom stereocenters. The fraction of sp³-hybridized carbons (Fsp3) is 0.400.